The monoisotopic (exact) mass is 319 g/mol. The van der Waals surface area contributed by atoms with Crippen molar-refractivity contribution >= 4 is 44.4 Å². The predicted octanol–water partition coefficient (Wildman–Crippen LogP) is 4.30. The van der Waals surface area contributed by atoms with Crippen molar-refractivity contribution in [1.29, 1.82) is 0 Å². The second kappa shape index (κ2) is 3.70. The SMILES string of the molecule is Cc1ccc(I)c2cc3ccccc3nc12. The number of hydrogen-bond donors (Lipinski definition) is 0. The second-order valence-corrected chi connectivity index (χ2v) is 5.10. The summed E-state index contributed by atoms with van der Waals surface area (Å²) in [4.78, 5) is 4.73. The van der Waals surface area contributed by atoms with E-state index in [-0.39, 0.29) is 0 Å². The van der Waals surface area contributed by atoms with Crippen molar-refractivity contribution in [2.45, 2.75) is 6.92 Å². The van der Waals surface area contributed by atoms with Crippen LogP contribution in [0.25, 0.3) is 21.8 Å². The summed E-state index contributed by atoms with van der Waals surface area (Å²) in [7, 11) is 0. The highest BCUT2D eigenvalue weighted by atomic mass is 127. The normalized spacial score (nSPS) is 11.1. The Morgan fingerprint density at radius 3 is 2.75 bits per heavy atom. The lowest BCUT2D eigenvalue weighted by Crippen LogP contribution is -1.87. The van der Waals surface area contributed by atoms with Gasteiger partial charge in [-0.15, -0.1) is 0 Å². The number of hydrogen-bond acceptors (Lipinski definition) is 1. The highest BCUT2D eigenvalue weighted by Crippen LogP contribution is 2.25. The van der Waals surface area contributed by atoms with Gasteiger partial charge in [0, 0.05) is 14.3 Å². The Labute approximate surface area is 108 Å². The summed E-state index contributed by atoms with van der Waals surface area (Å²) >= 11 is 2.37. The molecule has 0 spiro atoms. The molecule has 1 aromatic heterocycles. The standard InChI is InChI=1S/C14H10IN/c1-9-6-7-12(15)11-8-10-4-2-3-5-13(10)16-14(9)11/h2-8H,1H3. The minimum absolute atomic E-state index is 1.07. The summed E-state index contributed by atoms with van der Waals surface area (Å²) in [5.74, 6) is 0. The topological polar surface area (TPSA) is 12.9 Å². The highest BCUT2D eigenvalue weighted by molar-refractivity contribution is 14.1. The fourth-order valence-corrected chi connectivity index (χ4v) is 2.56. The van der Waals surface area contributed by atoms with Crippen LogP contribution in [-0.4, -0.2) is 4.98 Å². The molecule has 1 heterocycles. The van der Waals surface area contributed by atoms with E-state index in [1.807, 2.05) is 6.07 Å². The number of nitrogens with zero attached hydrogens (tertiary/aromatic N) is 1. The summed E-state index contributed by atoms with van der Waals surface area (Å²) in [6, 6.07) is 14.8. The lowest BCUT2D eigenvalue weighted by atomic mass is 10.1. The van der Waals surface area contributed by atoms with Gasteiger partial charge in [-0.2, -0.15) is 0 Å². The van der Waals surface area contributed by atoms with Crippen LogP contribution in [0.1, 0.15) is 5.56 Å². The number of aryl methyl sites for hydroxylation is 1. The van der Waals surface area contributed by atoms with Crippen LogP contribution in [-0.2, 0) is 0 Å². The zero-order valence-corrected chi connectivity index (χ0v) is 11.0. The number of pyridine rings is 1. The molecule has 3 rings (SSSR count). The van der Waals surface area contributed by atoms with Gasteiger partial charge in [-0.3, -0.25) is 0 Å². The van der Waals surface area contributed by atoms with Crippen molar-refractivity contribution in [2.75, 3.05) is 0 Å². The Kier molecular flexibility index (Phi) is 2.32. The average molecular weight is 319 g/mol. The Morgan fingerprint density at radius 1 is 1.06 bits per heavy atom. The molecule has 0 saturated carbocycles. The molecule has 3 aromatic rings. The van der Waals surface area contributed by atoms with Crippen molar-refractivity contribution in [3.05, 3.63) is 51.6 Å². The van der Waals surface area contributed by atoms with Crippen molar-refractivity contribution < 1.29 is 0 Å². The third-order valence-electron chi connectivity index (χ3n) is 2.83. The lowest BCUT2D eigenvalue weighted by Gasteiger charge is -2.05. The van der Waals surface area contributed by atoms with Gasteiger partial charge in [0.1, 0.15) is 0 Å². The quantitative estimate of drug-likeness (QED) is 0.445. The van der Waals surface area contributed by atoms with Crippen LogP contribution in [0.2, 0.25) is 0 Å². The van der Waals surface area contributed by atoms with Crippen LogP contribution in [0.4, 0.5) is 0 Å². The lowest BCUT2D eigenvalue weighted by molar-refractivity contribution is 1.42. The number of fused-ring (bicyclic) bond motifs is 2. The number of aromatic nitrogens is 1. The van der Waals surface area contributed by atoms with Gasteiger partial charge in [-0.25, -0.2) is 4.98 Å². The van der Waals surface area contributed by atoms with Gasteiger partial charge in [0.25, 0.3) is 0 Å². The molecule has 2 aromatic carbocycles. The Bertz CT molecular complexity index is 629. The minimum Gasteiger partial charge on any atom is -0.247 e. The maximum Gasteiger partial charge on any atom is 0.0749 e. The fourth-order valence-electron chi connectivity index (χ4n) is 1.97. The first-order chi connectivity index (χ1) is 7.75. The maximum atomic E-state index is 4.73. The van der Waals surface area contributed by atoms with E-state index in [1.165, 1.54) is 19.9 Å². The molecule has 0 atom stereocenters. The first kappa shape index (κ1) is 10.0. The molecule has 0 N–H and O–H groups in total. The van der Waals surface area contributed by atoms with E-state index in [2.05, 4.69) is 65.9 Å². The molecule has 16 heavy (non-hydrogen) atoms. The molecular weight excluding hydrogens is 309 g/mol. The summed E-state index contributed by atoms with van der Waals surface area (Å²) in [5, 5.41) is 2.46. The molecular formula is C14H10IN. The molecule has 0 bridgehead atoms. The van der Waals surface area contributed by atoms with Crippen molar-refractivity contribution in [2.24, 2.45) is 0 Å². The molecule has 1 nitrogen and oxygen atoms in total. The van der Waals surface area contributed by atoms with E-state index in [1.54, 1.807) is 0 Å². The van der Waals surface area contributed by atoms with Gasteiger partial charge in [0.15, 0.2) is 0 Å². The van der Waals surface area contributed by atoms with E-state index in [0.29, 0.717) is 0 Å². The third-order valence-corrected chi connectivity index (χ3v) is 3.78. The van der Waals surface area contributed by atoms with Gasteiger partial charge in [0.05, 0.1) is 11.0 Å². The summed E-state index contributed by atoms with van der Waals surface area (Å²) in [6.07, 6.45) is 0. The second-order valence-electron chi connectivity index (χ2n) is 3.94. The van der Waals surface area contributed by atoms with E-state index in [0.717, 1.165) is 11.0 Å². The highest BCUT2D eigenvalue weighted by Gasteiger charge is 2.04. The summed E-state index contributed by atoms with van der Waals surface area (Å²) in [5.41, 5.74) is 3.42. The Hall–Kier alpha value is -1.16. The molecule has 0 aliphatic heterocycles. The zero-order chi connectivity index (χ0) is 11.1. The van der Waals surface area contributed by atoms with Gasteiger partial charge in [-0.05, 0) is 53.3 Å². The Morgan fingerprint density at radius 2 is 1.88 bits per heavy atom. The van der Waals surface area contributed by atoms with E-state index in [9.17, 15) is 0 Å². The molecule has 0 saturated heterocycles. The smallest absolute Gasteiger partial charge is 0.0749 e. The van der Waals surface area contributed by atoms with Gasteiger partial charge in [-0.1, -0.05) is 24.3 Å². The van der Waals surface area contributed by atoms with Crippen molar-refractivity contribution in [3.8, 4) is 0 Å². The van der Waals surface area contributed by atoms with Crippen molar-refractivity contribution in [1.82, 2.24) is 4.98 Å². The summed E-state index contributed by atoms with van der Waals surface area (Å²) in [6.45, 7) is 2.11. The number of benzene rings is 2. The van der Waals surface area contributed by atoms with Gasteiger partial charge in [0.2, 0.25) is 0 Å². The molecule has 78 valence electrons. The number of para-hydroxylation sites is 1. The first-order valence-corrected chi connectivity index (χ1v) is 6.28. The zero-order valence-electron chi connectivity index (χ0n) is 8.87. The van der Waals surface area contributed by atoms with Crippen LogP contribution in [0.3, 0.4) is 0 Å². The van der Waals surface area contributed by atoms with E-state index in [4.69, 9.17) is 4.98 Å². The molecule has 0 radical (unpaired) electrons. The summed E-state index contributed by atoms with van der Waals surface area (Å²) < 4.78 is 1.26. The van der Waals surface area contributed by atoms with Crippen LogP contribution in [0, 0.1) is 10.5 Å². The van der Waals surface area contributed by atoms with Crippen LogP contribution in [0.15, 0.2) is 42.5 Å². The third kappa shape index (κ3) is 1.48. The van der Waals surface area contributed by atoms with Crippen molar-refractivity contribution in [3.63, 3.8) is 0 Å². The minimum atomic E-state index is 1.07. The molecule has 0 fully saturated rings. The first-order valence-electron chi connectivity index (χ1n) is 5.20. The molecule has 0 unspecified atom stereocenters. The maximum absolute atomic E-state index is 4.73. The van der Waals surface area contributed by atoms with Gasteiger partial charge < -0.3 is 0 Å². The molecule has 0 amide bonds. The average Bonchev–Trinajstić information content (AvgIpc) is 2.32. The van der Waals surface area contributed by atoms with Gasteiger partial charge >= 0.3 is 0 Å². The largest absolute Gasteiger partial charge is 0.247 e. The van der Waals surface area contributed by atoms with Crippen LogP contribution in [0.5, 0.6) is 0 Å². The Balaban J connectivity index is 2.56. The predicted molar refractivity (Wildman–Crippen MR) is 76.7 cm³/mol. The van der Waals surface area contributed by atoms with E-state index >= 15 is 0 Å². The van der Waals surface area contributed by atoms with E-state index < -0.39 is 0 Å². The fraction of sp³-hybridized carbons (Fsp3) is 0.0714. The molecule has 0 aliphatic carbocycles. The van der Waals surface area contributed by atoms with Crippen LogP contribution < -0.4 is 0 Å². The number of halogens is 1. The number of rotatable bonds is 0. The molecule has 0 aliphatic rings. The molecule has 2 heteroatoms. The van der Waals surface area contributed by atoms with Crippen LogP contribution >= 0.6 is 22.6 Å².